The molecule has 0 aliphatic carbocycles. The minimum atomic E-state index is -0.106. The van der Waals surface area contributed by atoms with Gasteiger partial charge < -0.3 is 4.74 Å². The van der Waals surface area contributed by atoms with Crippen LogP contribution < -0.4 is 4.74 Å². The van der Waals surface area contributed by atoms with Crippen LogP contribution in [-0.2, 0) is 0 Å². The normalized spacial score (nSPS) is 10.8. The predicted molar refractivity (Wildman–Crippen MR) is 81.2 cm³/mol. The third-order valence-corrected chi connectivity index (χ3v) is 3.71. The van der Waals surface area contributed by atoms with E-state index in [1.807, 2.05) is 24.5 Å². The third-order valence-electron chi connectivity index (χ3n) is 3.06. The van der Waals surface area contributed by atoms with Crippen molar-refractivity contribution in [2.24, 2.45) is 0 Å². The van der Waals surface area contributed by atoms with Crippen LogP contribution in [0.1, 0.15) is 16.1 Å². The van der Waals surface area contributed by atoms with Crippen LogP contribution in [0.15, 0.2) is 47.8 Å². The summed E-state index contributed by atoms with van der Waals surface area (Å²) >= 11 is 1.47. The lowest BCUT2D eigenvalue weighted by atomic mass is 10.1. The summed E-state index contributed by atoms with van der Waals surface area (Å²) in [6.07, 6.45) is 3.63. The van der Waals surface area contributed by atoms with Crippen molar-refractivity contribution >= 4 is 23.2 Å². The minimum Gasteiger partial charge on any atom is -0.481 e. The molecule has 0 aliphatic rings. The average molecular weight is 299 g/mol. The molecule has 0 saturated carbocycles. The number of imidazole rings is 1. The molecule has 3 rings (SSSR count). The van der Waals surface area contributed by atoms with Crippen LogP contribution in [0.4, 0.5) is 0 Å². The van der Waals surface area contributed by atoms with E-state index in [2.05, 4.69) is 9.97 Å². The maximum atomic E-state index is 12.4. The Morgan fingerprint density at radius 3 is 2.67 bits per heavy atom. The van der Waals surface area contributed by atoms with Gasteiger partial charge in [-0.15, -0.1) is 0 Å². The first-order chi connectivity index (χ1) is 10.2. The Morgan fingerprint density at radius 1 is 1.24 bits per heavy atom. The van der Waals surface area contributed by atoms with Crippen molar-refractivity contribution in [2.45, 2.75) is 5.16 Å². The van der Waals surface area contributed by atoms with Crippen molar-refractivity contribution in [2.75, 3.05) is 13.4 Å². The van der Waals surface area contributed by atoms with Gasteiger partial charge in [0, 0.05) is 17.8 Å². The number of hydrogen-bond donors (Lipinski definition) is 0. The van der Waals surface area contributed by atoms with Gasteiger partial charge in [-0.25, -0.2) is 4.98 Å². The average Bonchev–Trinajstić information content (AvgIpc) is 2.97. The van der Waals surface area contributed by atoms with Gasteiger partial charge in [0.2, 0.25) is 11.7 Å². The molecular formula is C15H13N3O2S. The summed E-state index contributed by atoms with van der Waals surface area (Å²) in [5.41, 5.74) is 1.66. The number of nitrogens with zero attached hydrogens (tertiary/aromatic N) is 3. The summed E-state index contributed by atoms with van der Waals surface area (Å²) in [4.78, 5) is 21.2. The highest BCUT2D eigenvalue weighted by molar-refractivity contribution is 7.98. The summed E-state index contributed by atoms with van der Waals surface area (Å²) in [6.45, 7) is 0. The van der Waals surface area contributed by atoms with Crippen molar-refractivity contribution in [3.63, 3.8) is 0 Å². The lowest BCUT2D eigenvalue weighted by Crippen LogP contribution is -2.00. The SMILES string of the molecule is COc1cc2nc(C(=O)c3ccccc3)cn2c(SC)n1. The molecule has 0 atom stereocenters. The minimum absolute atomic E-state index is 0.106. The van der Waals surface area contributed by atoms with E-state index in [9.17, 15) is 4.79 Å². The summed E-state index contributed by atoms with van der Waals surface area (Å²) < 4.78 is 6.95. The van der Waals surface area contributed by atoms with Crippen LogP contribution in [0.3, 0.4) is 0 Å². The van der Waals surface area contributed by atoms with E-state index in [-0.39, 0.29) is 5.78 Å². The quantitative estimate of drug-likeness (QED) is 0.421. The van der Waals surface area contributed by atoms with Gasteiger partial charge in [-0.3, -0.25) is 9.20 Å². The zero-order chi connectivity index (χ0) is 14.8. The fourth-order valence-corrected chi connectivity index (χ4v) is 2.56. The van der Waals surface area contributed by atoms with Gasteiger partial charge in [-0.05, 0) is 6.26 Å². The van der Waals surface area contributed by atoms with E-state index in [4.69, 9.17) is 4.74 Å². The fraction of sp³-hybridized carbons (Fsp3) is 0.133. The van der Waals surface area contributed by atoms with Crippen LogP contribution in [0.25, 0.3) is 5.65 Å². The predicted octanol–water partition coefficient (Wildman–Crippen LogP) is 2.69. The number of fused-ring (bicyclic) bond motifs is 1. The van der Waals surface area contributed by atoms with Crippen molar-refractivity contribution in [3.8, 4) is 5.88 Å². The first kappa shape index (κ1) is 13.6. The molecule has 0 bridgehead atoms. The topological polar surface area (TPSA) is 56.5 Å². The van der Waals surface area contributed by atoms with Gasteiger partial charge in [-0.2, -0.15) is 4.98 Å². The zero-order valence-electron chi connectivity index (χ0n) is 11.6. The summed E-state index contributed by atoms with van der Waals surface area (Å²) in [5, 5.41) is 0.726. The Hall–Kier alpha value is -2.34. The molecule has 0 saturated heterocycles. The van der Waals surface area contributed by atoms with Gasteiger partial charge in [0.05, 0.1) is 7.11 Å². The van der Waals surface area contributed by atoms with Gasteiger partial charge in [0.1, 0.15) is 11.3 Å². The number of hydrogen-bond acceptors (Lipinski definition) is 5. The molecule has 0 N–H and O–H groups in total. The number of methoxy groups -OCH3 is 1. The number of carbonyl (C=O) groups is 1. The van der Waals surface area contributed by atoms with Gasteiger partial charge in [-0.1, -0.05) is 42.1 Å². The Bertz CT molecular complexity index is 799. The molecule has 0 aliphatic heterocycles. The monoisotopic (exact) mass is 299 g/mol. The second-order valence-electron chi connectivity index (χ2n) is 4.33. The first-order valence-corrected chi connectivity index (χ1v) is 7.53. The van der Waals surface area contributed by atoms with Crippen LogP contribution >= 0.6 is 11.8 Å². The Morgan fingerprint density at radius 2 is 2.00 bits per heavy atom. The number of aromatic nitrogens is 3. The van der Waals surface area contributed by atoms with E-state index in [1.54, 1.807) is 35.9 Å². The molecule has 106 valence electrons. The number of carbonyl (C=O) groups excluding carboxylic acids is 1. The Balaban J connectivity index is 2.11. The lowest BCUT2D eigenvalue weighted by molar-refractivity contribution is 0.103. The van der Waals surface area contributed by atoms with E-state index in [0.717, 1.165) is 5.16 Å². The molecule has 21 heavy (non-hydrogen) atoms. The maximum Gasteiger partial charge on any atom is 0.219 e. The van der Waals surface area contributed by atoms with Crippen molar-refractivity contribution < 1.29 is 9.53 Å². The molecule has 2 heterocycles. The van der Waals surface area contributed by atoms with Crippen molar-refractivity contribution in [1.82, 2.24) is 14.4 Å². The molecule has 0 unspecified atom stereocenters. The molecule has 0 fully saturated rings. The second kappa shape index (κ2) is 5.57. The zero-order valence-corrected chi connectivity index (χ0v) is 12.4. The maximum absolute atomic E-state index is 12.4. The van der Waals surface area contributed by atoms with Gasteiger partial charge in [0.25, 0.3) is 0 Å². The van der Waals surface area contributed by atoms with Crippen molar-refractivity contribution in [1.29, 1.82) is 0 Å². The molecular weight excluding hydrogens is 286 g/mol. The third kappa shape index (κ3) is 2.50. The number of benzene rings is 1. The first-order valence-electron chi connectivity index (χ1n) is 6.31. The number of thioether (sulfide) groups is 1. The smallest absolute Gasteiger partial charge is 0.219 e. The highest BCUT2D eigenvalue weighted by atomic mass is 32.2. The lowest BCUT2D eigenvalue weighted by Gasteiger charge is -2.03. The molecule has 0 radical (unpaired) electrons. The Labute approximate surface area is 126 Å². The number of ether oxygens (including phenoxy) is 1. The van der Waals surface area contributed by atoms with Crippen LogP contribution in [0.5, 0.6) is 5.88 Å². The molecule has 1 aromatic carbocycles. The highest BCUT2D eigenvalue weighted by Crippen LogP contribution is 2.21. The van der Waals surface area contributed by atoms with Gasteiger partial charge in [0.15, 0.2) is 5.16 Å². The van der Waals surface area contributed by atoms with Crippen LogP contribution in [0, 0.1) is 0 Å². The summed E-state index contributed by atoms with van der Waals surface area (Å²) in [6, 6.07) is 10.8. The van der Waals surface area contributed by atoms with Crippen LogP contribution in [-0.4, -0.2) is 33.5 Å². The van der Waals surface area contributed by atoms with E-state index in [1.165, 1.54) is 11.8 Å². The summed E-state index contributed by atoms with van der Waals surface area (Å²) in [5.74, 6) is 0.376. The van der Waals surface area contributed by atoms with Crippen LogP contribution in [0.2, 0.25) is 0 Å². The largest absolute Gasteiger partial charge is 0.481 e. The highest BCUT2D eigenvalue weighted by Gasteiger charge is 2.15. The fourth-order valence-electron chi connectivity index (χ4n) is 2.04. The van der Waals surface area contributed by atoms with Crippen molar-refractivity contribution in [3.05, 3.63) is 53.9 Å². The Kier molecular flexibility index (Phi) is 3.62. The molecule has 6 heteroatoms. The number of rotatable bonds is 4. The van der Waals surface area contributed by atoms with E-state index in [0.29, 0.717) is 22.8 Å². The molecule has 0 amide bonds. The number of ketones is 1. The van der Waals surface area contributed by atoms with E-state index < -0.39 is 0 Å². The molecule has 0 spiro atoms. The van der Waals surface area contributed by atoms with Gasteiger partial charge >= 0.3 is 0 Å². The molecule has 5 nitrogen and oxygen atoms in total. The molecule has 2 aromatic heterocycles. The molecule has 3 aromatic rings. The summed E-state index contributed by atoms with van der Waals surface area (Å²) in [7, 11) is 1.56. The van der Waals surface area contributed by atoms with E-state index >= 15 is 0 Å². The second-order valence-corrected chi connectivity index (χ2v) is 5.11. The standard InChI is InChI=1S/C15H13N3O2S/c1-20-13-8-12-16-11(9-18(12)15(17-13)21-2)14(19)10-6-4-3-5-7-10/h3-9H,1-2H3.